The summed E-state index contributed by atoms with van der Waals surface area (Å²) in [6, 6.07) is 7.96. The second-order valence-electron chi connectivity index (χ2n) is 10.3. The van der Waals surface area contributed by atoms with Crippen LogP contribution in [0.2, 0.25) is 0 Å². The Morgan fingerprint density at radius 3 is 2.54 bits per heavy atom. The Bertz CT molecular complexity index is 1500. The summed E-state index contributed by atoms with van der Waals surface area (Å²) in [5, 5.41) is 10.8. The van der Waals surface area contributed by atoms with Crippen molar-refractivity contribution in [1.82, 2.24) is 14.5 Å². The highest BCUT2D eigenvalue weighted by Crippen LogP contribution is 2.50. The number of alkyl halides is 2. The number of hydrogen-bond acceptors (Lipinski definition) is 6. The van der Waals surface area contributed by atoms with Gasteiger partial charge in [-0.25, -0.2) is 23.1 Å². The lowest BCUT2D eigenvalue weighted by Crippen LogP contribution is -2.50. The van der Waals surface area contributed by atoms with Crippen LogP contribution in [0.15, 0.2) is 35.4 Å². The van der Waals surface area contributed by atoms with Crippen molar-refractivity contribution in [3.8, 4) is 6.07 Å². The standard InChI is InChI=1S/C26H26F3N5O2S/c1-33(11-16-4-3-5-17(20(16)27)21(28)29)22-18-10-19(24(35)34(2)23(18)32-15-31-22)26(12-30)8-6-25(7-9-26)13-37(36)14-25/h3-5,10,15,21H,6-9,11,13-14H2,1-2H3. The number of anilines is 1. The Morgan fingerprint density at radius 1 is 1.22 bits per heavy atom. The van der Waals surface area contributed by atoms with E-state index in [0.717, 1.165) is 18.9 Å². The highest BCUT2D eigenvalue weighted by atomic mass is 32.2. The van der Waals surface area contributed by atoms with E-state index in [2.05, 4.69) is 16.0 Å². The van der Waals surface area contributed by atoms with Crippen molar-refractivity contribution in [3.05, 3.63) is 63.5 Å². The van der Waals surface area contributed by atoms with E-state index >= 15 is 0 Å². The summed E-state index contributed by atoms with van der Waals surface area (Å²) < 4.78 is 54.2. The average Bonchev–Trinajstić information content (AvgIpc) is 2.86. The number of halogens is 3. The van der Waals surface area contributed by atoms with Gasteiger partial charge in [-0.1, -0.05) is 18.2 Å². The fourth-order valence-electron chi connectivity index (χ4n) is 5.70. The van der Waals surface area contributed by atoms with E-state index in [-0.39, 0.29) is 23.1 Å². The quantitative estimate of drug-likeness (QED) is 0.494. The predicted octanol–water partition coefficient (Wildman–Crippen LogP) is 4.13. The van der Waals surface area contributed by atoms with Crippen LogP contribution < -0.4 is 10.5 Å². The molecule has 1 aliphatic heterocycles. The zero-order valence-electron chi connectivity index (χ0n) is 20.5. The van der Waals surface area contributed by atoms with Crippen LogP contribution in [0.25, 0.3) is 11.0 Å². The van der Waals surface area contributed by atoms with Gasteiger partial charge in [-0.05, 0) is 37.2 Å². The first-order valence-corrected chi connectivity index (χ1v) is 13.5. The molecular formula is C26H26F3N5O2S. The van der Waals surface area contributed by atoms with Gasteiger partial charge in [0.1, 0.15) is 23.6 Å². The van der Waals surface area contributed by atoms with Crippen LogP contribution in [-0.2, 0) is 29.8 Å². The van der Waals surface area contributed by atoms with E-state index in [1.807, 2.05) is 0 Å². The van der Waals surface area contributed by atoms with Crippen LogP contribution in [0.4, 0.5) is 19.0 Å². The van der Waals surface area contributed by atoms with Crippen molar-refractivity contribution in [2.45, 2.75) is 44.1 Å². The fourth-order valence-corrected chi connectivity index (χ4v) is 7.56. The van der Waals surface area contributed by atoms with Gasteiger partial charge in [0, 0.05) is 54.1 Å². The number of aromatic nitrogens is 3. The van der Waals surface area contributed by atoms with E-state index in [4.69, 9.17) is 0 Å². The summed E-state index contributed by atoms with van der Waals surface area (Å²) in [6.45, 7) is -0.0419. The fraction of sp³-hybridized carbons (Fsp3) is 0.462. The molecule has 1 saturated carbocycles. The van der Waals surface area contributed by atoms with Crippen LogP contribution in [0.5, 0.6) is 0 Å². The molecule has 0 radical (unpaired) electrons. The zero-order valence-corrected chi connectivity index (χ0v) is 21.3. The number of pyridine rings is 1. The smallest absolute Gasteiger partial charge is 0.266 e. The Labute approximate surface area is 214 Å². The second kappa shape index (κ2) is 9.24. The largest absolute Gasteiger partial charge is 0.355 e. The molecule has 0 N–H and O–H groups in total. The second-order valence-corrected chi connectivity index (χ2v) is 11.7. The number of nitrogens with zero attached hydrogens (tertiary/aromatic N) is 5. The Kier molecular flexibility index (Phi) is 6.34. The highest BCUT2D eigenvalue weighted by molar-refractivity contribution is 7.86. The van der Waals surface area contributed by atoms with Crippen molar-refractivity contribution in [2.75, 3.05) is 23.5 Å². The molecule has 0 atom stereocenters. The summed E-state index contributed by atoms with van der Waals surface area (Å²) in [6.07, 6.45) is 0.799. The lowest BCUT2D eigenvalue weighted by Gasteiger charge is -2.48. The zero-order chi connectivity index (χ0) is 26.5. The van der Waals surface area contributed by atoms with Gasteiger partial charge in [-0.3, -0.25) is 13.6 Å². The molecule has 194 valence electrons. The molecule has 11 heteroatoms. The minimum Gasteiger partial charge on any atom is -0.355 e. The molecule has 2 aliphatic rings. The number of hydrogen-bond donors (Lipinski definition) is 0. The average molecular weight is 530 g/mol. The highest BCUT2D eigenvalue weighted by Gasteiger charge is 2.50. The third-order valence-corrected chi connectivity index (χ3v) is 9.79. The molecule has 1 aliphatic carbocycles. The molecule has 1 spiro atoms. The van der Waals surface area contributed by atoms with Crippen molar-refractivity contribution in [1.29, 1.82) is 5.26 Å². The van der Waals surface area contributed by atoms with Crippen LogP contribution >= 0.6 is 0 Å². The van der Waals surface area contributed by atoms with Gasteiger partial charge in [-0.15, -0.1) is 0 Å². The van der Waals surface area contributed by atoms with E-state index in [1.54, 1.807) is 25.1 Å². The number of nitriles is 1. The normalized spacial score (nSPS) is 25.3. The minimum absolute atomic E-state index is 0.00137. The van der Waals surface area contributed by atoms with Crippen molar-refractivity contribution < 1.29 is 17.4 Å². The molecule has 1 aromatic carbocycles. The maximum Gasteiger partial charge on any atom is 0.266 e. The lowest BCUT2D eigenvalue weighted by atomic mass is 9.62. The summed E-state index contributed by atoms with van der Waals surface area (Å²) in [5.74, 6) is 0.720. The van der Waals surface area contributed by atoms with Gasteiger partial charge >= 0.3 is 0 Å². The third kappa shape index (κ3) is 4.21. The summed E-state index contributed by atoms with van der Waals surface area (Å²) in [4.78, 5) is 23.7. The predicted molar refractivity (Wildman–Crippen MR) is 134 cm³/mol. The molecule has 3 aromatic rings. The van der Waals surface area contributed by atoms with Crippen molar-refractivity contribution in [3.63, 3.8) is 0 Å². The minimum atomic E-state index is -2.93. The molecular weight excluding hydrogens is 503 g/mol. The van der Waals surface area contributed by atoms with E-state index in [0.29, 0.717) is 46.8 Å². The Hall–Kier alpha value is -3.26. The van der Waals surface area contributed by atoms with Crippen LogP contribution in [-0.4, -0.2) is 37.3 Å². The molecule has 1 saturated heterocycles. The number of aryl methyl sites for hydroxylation is 1. The van der Waals surface area contributed by atoms with E-state index < -0.39 is 34.0 Å². The van der Waals surface area contributed by atoms with Gasteiger partial charge in [-0.2, -0.15) is 5.26 Å². The van der Waals surface area contributed by atoms with Crippen LogP contribution in [0.3, 0.4) is 0 Å². The molecule has 37 heavy (non-hydrogen) atoms. The maximum absolute atomic E-state index is 14.7. The first-order valence-electron chi connectivity index (χ1n) is 12.0. The summed E-state index contributed by atoms with van der Waals surface area (Å²) >= 11 is 0. The molecule has 0 bridgehead atoms. The van der Waals surface area contributed by atoms with Crippen LogP contribution in [0, 0.1) is 22.6 Å². The Balaban J connectivity index is 1.55. The van der Waals surface area contributed by atoms with Gasteiger partial charge in [0.05, 0.1) is 22.4 Å². The van der Waals surface area contributed by atoms with E-state index in [9.17, 15) is 27.4 Å². The lowest BCUT2D eigenvalue weighted by molar-refractivity contribution is 0.146. The van der Waals surface area contributed by atoms with Crippen LogP contribution in [0.1, 0.15) is 48.8 Å². The molecule has 3 heterocycles. The molecule has 5 rings (SSSR count). The van der Waals surface area contributed by atoms with Gasteiger partial charge in [0.15, 0.2) is 0 Å². The Morgan fingerprint density at radius 2 is 1.92 bits per heavy atom. The first kappa shape index (κ1) is 25.4. The maximum atomic E-state index is 14.7. The van der Waals surface area contributed by atoms with Crippen molar-refractivity contribution in [2.24, 2.45) is 12.5 Å². The monoisotopic (exact) mass is 529 g/mol. The SMILES string of the molecule is CN(Cc1cccc(C(F)F)c1F)c1ncnc2c1cc(C1(C#N)CCC3(CC1)CS(=O)C3)c(=O)n2C. The van der Waals surface area contributed by atoms with Gasteiger partial charge in [0.25, 0.3) is 12.0 Å². The van der Waals surface area contributed by atoms with Gasteiger partial charge in [0.2, 0.25) is 0 Å². The molecule has 7 nitrogen and oxygen atoms in total. The summed E-state index contributed by atoms with van der Waals surface area (Å²) in [5.41, 5.74) is -1.18. The topological polar surface area (TPSA) is 91.9 Å². The summed E-state index contributed by atoms with van der Waals surface area (Å²) in [7, 11) is 2.44. The first-order chi connectivity index (χ1) is 17.6. The van der Waals surface area contributed by atoms with E-state index in [1.165, 1.54) is 23.0 Å². The van der Waals surface area contributed by atoms with Gasteiger partial charge < -0.3 is 4.90 Å². The number of rotatable bonds is 5. The third-order valence-electron chi connectivity index (χ3n) is 7.92. The molecule has 0 unspecified atom stereocenters. The molecule has 2 fully saturated rings. The molecule has 2 aromatic heterocycles. The number of fused-ring (bicyclic) bond motifs is 1. The molecule has 0 amide bonds. The number of benzene rings is 1. The van der Waals surface area contributed by atoms with Crippen molar-refractivity contribution >= 4 is 27.7 Å².